The minimum absolute atomic E-state index is 0.306. The lowest BCUT2D eigenvalue weighted by Crippen LogP contribution is -2.41. The van der Waals surface area contributed by atoms with E-state index in [9.17, 15) is 9.59 Å². The molecule has 0 spiro atoms. The van der Waals surface area contributed by atoms with Crippen molar-refractivity contribution in [3.63, 3.8) is 0 Å². The van der Waals surface area contributed by atoms with Crippen LogP contribution in [0.5, 0.6) is 5.75 Å². The summed E-state index contributed by atoms with van der Waals surface area (Å²) in [5.41, 5.74) is 4.37. The summed E-state index contributed by atoms with van der Waals surface area (Å²) >= 11 is 0. The Hall–Kier alpha value is -3.81. The lowest BCUT2D eigenvalue weighted by Gasteiger charge is -2.27. The number of ether oxygens (including phenoxy) is 2. The second-order valence-electron chi connectivity index (χ2n) is 6.96. The van der Waals surface area contributed by atoms with E-state index < -0.39 is 12.1 Å². The second-order valence-corrected chi connectivity index (χ2v) is 6.96. The molecule has 0 bridgehead atoms. The highest BCUT2D eigenvalue weighted by Crippen LogP contribution is 2.36. The van der Waals surface area contributed by atoms with Crippen LogP contribution in [0.3, 0.4) is 0 Å². The minimum Gasteiger partial charge on any atom is -0.477 e. The van der Waals surface area contributed by atoms with Gasteiger partial charge in [-0.05, 0) is 49.7 Å². The van der Waals surface area contributed by atoms with Crippen molar-refractivity contribution in [1.29, 1.82) is 0 Å². The number of nitrogens with one attached hydrogen (secondary N) is 2. The fourth-order valence-corrected chi connectivity index (χ4v) is 3.43. The highest BCUT2D eigenvalue weighted by Gasteiger charge is 2.27. The normalized spacial score (nSPS) is 14.8. The van der Waals surface area contributed by atoms with Crippen molar-refractivity contribution in [2.24, 2.45) is 0 Å². The number of nitrogens with zero attached hydrogens (tertiary/aromatic N) is 1. The summed E-state index contributed by atoms with van der Waals surface area (Å²) in [6.45, 7) is 4.07. The Morgan fingerprint density at radius 3 is 2.77 bits per heavy atom. The number of hydrogen-bond donors (Lipinski definition) is 2. The highest BCUT2D eigenvalue weighted by atomic mass is 16.5. The van der Waals surface area contributed by atoms with Gasteiger partial charge in [0.15, 0.2) is 6.10 Å². The molecule has 1 aromatic heterocycles. The Bertz CT molecular complexity index is 1100. The van der Waals surface area contributed by atoms with Crippen LogP contribution >= 0.6 is 0 Å². The predicted octanol–water partition coefficient (Wildman–Crippen LogP) is 3.56. The third kappa shape index (κ3) is 3.71. The third-order valence-corrected chi connectivity index (χ3v) is 4.89. The number of aromatic nitrogens is 1. The molecule has 0 fully saturated rings. The van der Waals surface area contributed by atoms with Gasteiger partial charge in [0.05, 0.1) is 30.6 Å². The van der Waals surface area contributed by atoms with Gasteiger partial charge in [0.25, 0.3) is 5.91 Å². The summed E-state index contributed by atoms with van der Waals surface area (Å²) in [6, 6.07) is 12.2. The van der Waals surface area contributed by atoms with Crippen LogP contribution in [0.15, 0.2) is 47.0 Å². The van der Waals surface area contributed by atoms with Crippen LogP contribution in [-0.2, 0) is 9.53 Å². The van der Waals surface area contributed by atoms with E-state index >= 15 is 0 Å². The maximum atomic E-state index is 12.7. The van der Waals surface area contributed by atoms with E-state index in [1.54, 1.807) is 24.3 Å². The maximum Gasteiger partial charge on any atom is 0.337 e. The quantitative estimate of drug-likeness (QED) is 0.638. The zero-order valence-corrected chi connectivity index (χ0v) is 16.8. The smallest absolute Gasteiger partial charge is 0.337 e. The predicted molar refractivity (Wildman–Crippen MR) is 111 cm³/mol. The molecular formula is C22H21N3O5. The molecule has 2 aromatic carbocycles. The summed E-state index contributed by atoms with van der Waals surface area (Å²) in [5.74, 6) is 0.547. The van der Waals surface area contributed by atoms with Crippen LogP contribution in [0.1, 0.15) is 21.8 Å². The first-order valence-electron chi connectivity index (χ1n) is 9.43. The molecule has 1 aliphatic heterocycles. The first-order valence-corrected chi connectivity index (χ1v) is 9.43. The van der Waals surface area contributed by atoms with E-state index in [2.05, 4.69) is 15.8 Å². The van der Waals surface area contributed by atoms with Gasteiger partial charge in [0, 0.05) is 11.3 Å². The van der Waals surface area contributed by atoms with E-state index in [4.69, 9.17) is 14.0 Å². The topological polar surface area (TPSA) is 103 Å². The van der Waals surface area contributed by atoms with Crippen LogP contribution in [0.4, 0.5) is 11.4 Å². The monoisotopic (exact) mass is 407 g/mol. The molecule has 3 aromatic rings. The lowest BCUT2D eigenvalue weighted by atomic mass is 10.0. The number of carbonyl (C=O) groups excluding carboxylic acids is 2. The molecule has 0 radical (unpaired) electrons. The van der Waals surface area contributed by atoms with Gasteiger partial charge in [-0.25, -0.2) is 4.79 Å². The first-order chi connectivity index (χ1) is 14.5. The fourth-order valence-electron chi connectivity index (χ4n) is 3.43. The van der Waals surface area contributed by atoms with E-state index in [-0.39, 0.29) is 5.91 Å². The van der Waals surface area contributed by atoms with Gasteiger partial charge in [-0.2, -0.15) is 0 Å². The van der Waals surface area contributed by atoms with Gasteiger partial charge >= 0.3 is 5.97 Å². The van der Waals surface area contributed by atoms with E-state index in [0.29, 0.717) is 23.5 Å². The second kappa shape index (κ2) is 7.90. The fraction of sp³-hybridized carbons (Fsp3) is 0.227. The molecule has 1 atom stereocenters. The van der Waals surface area contributed by atoms with Gasteiger partial charge in [-0.15, -0.1) is 0 Å². The number of anilines is 2. The van der Waals surface area contributed by atoms with Gasteiger partial charge in [-0.1, -0.05) is 17.3 Å². The largest absolute Gasteiger partial charge is 0.477 e. The maximum absolute atomic E-state index is 12.7. The number of fused-ring (bicyclic) bond motifs is 1. The first kappa shape index (κ1) is 19.5. The van der Waals surface area contributed by atoms with E-state index in [1.165, 1.54) is 7.11 Å². The molecule has 2 heterocycles. The third-order valence-electron chi connectivity index (χ3n) is 4.89. The SMILES string of the molecule is COC(=O)c1cccc(NC(=O)C2CNc3cc(-c4c(C)noc4C)ccc3O2)c1. The summed E-state index contributed by atoms with van der Waals surface area (Å²) in [6.07, 6.45) is -0.718. The number of carbonyl (C=O) groups is 2. The lowest BCUT2D eigenvalue weighted by molar-refractivity contribution is -0.122. The van der Waals surface area contributed by atoms with Crippen molar-refractivity contribution in [2.45, 2.75) is 20.0 Å². The molecule has 1 aliphatic rings. The molecule has 4 rings (SSSR count). The average molecular weight is 407 g/mol. The summed E-state index contributed by atoms with van der Waals surface area (Å²) < 4.78 is 15.8. The number of hydrogen-bond acceptors (Lipinski definition) is 7. The molecule has 1 amide bonds. The average Bonchev–Trinajstić information content (AvgIpc) is 3.10. The van der Waals surface area contributed by atoms with Crippen LogP contribution in [-0.4, -0.2) is 36.8 Å². The Balaban J connectivity index is 1.48. The Kier molecular flexibility index (Phi) is 5.14. The number of rotatable bonds is 4. The Morgan fingerprint density at radius 1 is 1.20 bits per heavy atom. The van der Waals surface area contributed by atoms with Crippen LogP contribution in [0, 0.1) is 13.8 Å². The number of methoxy groups -OCH3 is 1. The molecule has 154 valence electrons. The van der Waals surface area contributed by atoms with Crippen molar-refractivity contribution < 1.29 is 23.6 Å². The number of esters is 1. The van der Waals surface area contributed by atoms with Crippen LogP contribution < -0.4 is 15.4 Å². The van der Waals surface area contributed by atoms with Crippen molar-refractivity contribution in [2.75, 3.05) is 24.3 Å². The molecule has 30 heavy (non-hydrogen) atoms. The molecule has 8 heteroatoms. The molecule has 1 unspecified atom stereocenters. The Morgan fingerprint density at radius 2 is 2.03 bits per heavy atom. The highest BCUT2D eigenvalue weighted by molar-refractivity contribution is 5.97. The van der Waals surface area contributed by atoms with Crippen LogP contribution in [0.25, 0.3) is 11.1 Å². The van der Waals surface area contributed by atoms with Gasteiger partial charge < -0.3 is 24.6 Å². The molecule has 8 nitrogen and oxygen atoms in total. The number of aryl methyl sites for hydroxylation is 2. The van der Waals surface area contributed by atoms with Gasteiger partial charge in [-0.3, -0.25) is 4.79 Å². The molecule has 0 saturated heterocycles. The molecular weight excluding hydrogens is 386 g/mol. The standard InChI is InChI=1S/C22H21N3O5/c1-12-20(13(2)30-25-12)14-7-8-18-17(10-14)23-11-19(29-18)21(26)24-16-6-4-5-15(9-16)22(27)28-3/h4-10,19,23H,11H2,1-3H3,(H,24,26). The molecule has 0 saturated carbocycles. The molecule has 0 aliphatic carbocycles. The van der Waals surface area contributed by atoms with E-state index in [0.717, 1.165) is 28.3 Å². The zero-order chi connectivity index (χ0) is 21.3. The summed E-state index contributed by atoms with van der Waals surface area (Å²) in [7, 11) is 1.31. The zero-order valence-electron chi connectivity index (χ0n) is 16.8. The summed E-state index contributed by atoms with van der Waals surface area (Å²) in [5, 5.41) is 10.0. The van der Waals surface area contributed by atoms with Crippen LogP contribution in [0.2, 0.25) is 0 Å². The Labute approximate surface area is 173 Å². The number of benzene rings is 2. The van der Waals surface area contributed by atoms with Crippen molar-refractivity contribution >= 4 is 23.3 Å². The van der Waals surface area contributed by atoms with Crippen molar-refractivity contribution in [1.82, 2.24) is 5.16 Å². The molecule has 2 N–H and O–H groups in total. The van der Waals surface area contributed by atoms with Gasteiger partial charge in [0.1, 0.15) is 11.5 Å². The van der Waals surface area contributed by atoms with Gasteiger partial charge in [0.2, 0.25) is 0 Å². The van der Waals surface area contributed by atoms with Crippen molar-refractivity contribution in [3.05, 3.63) is 59.5 Å². The summed E-state index contributed by atoms with van der Waals surface area (Å²) in [4.78, 5) is 24.3. The van der Waals surface area contributed by atoms with E-state index in [1.807, 2.05) is 32.0 Å². The minimum atomic E-state index is -0.718. The number of amides is 1. The van der Waals surface area contributed by atoms with Crippen molar-refractivity contribution in [3.8, 4) is 16.9 Å².